The maximum atomic E-state index is 13.1. The lowest BCUT2D eigenvalue weighted by molar-refractivity contribution is -0.137. The zero-order chi connectivity index (χ0) is 18.0. The molecule has 0 atom stereocenters. The Labute approximate surface area is 164 Å². The SMILES string of the molecule is O=C(CCSCCN1CCOCC1)N(C1CCCCC1)C1CCCCC1. The third kappa shape index (κ3) is 6.42. The van der Waals surface area contributed by atoms with E-state index in [1.165, 1.54) is 64.2 Å². The molecule has 1 aliphatic heterocycles. The lowest BCUT2D eigenvalue weighted by Crippen LogP contribution is -2.48. The number of rotatable bonds is 8. The van der Waals surface area contributed by atoms with Crippen LogP contribution in [0.5, 0.6) is 0 Å². The Morgan fingerprint density at radius 1 is 0.885 bits per heavy atom. The minimum atomic E-state index is 0.447. The summed E-state index contributed by atoms with van der Waals surface area (Å²) in [5.74, 6) is 2.57. The number of carbonyl (C=O) groups excluding carboxylic acids is 1. The molecule has 1 heterocycles. The van der Waals surface area contributed by atoms with Gasteiger partial charge in [0.25, 0.3) is 0 Å². The topological polar surface area (TPSA) is 32.8 Å². The molecule has 26 heavy (non-hydrogen) atoms. The van der Waals surface area contributed by atoms with Crippen molar-refractivity contribution in [1.82, 2.24) is 9.80 Å². The summed E-state index contributed by atoms with van der Waals surface area (Å²) in [6.45, 7) is 5.02. The van der Waals surface area contributed by atoms with Gasteiger partial charge >= 0.3 is 0 Å². The lowest BCUT2D eigenvalue weighted by Gasteiger charge is -2.42. The van der Waals surface area contributed by atoms with Gasteiger partial charge in [0, 0.05) is 49.6 Å². The van der Waals surface area contributed by atoms with Gasteiger partial charge in [-0.2, -0.15) is 11.8 Å². The monoisotopic (exact) mass is 382 g/mol. The average Bonchev–Trinajstić information content (AvgIpc) is 2.70. The van der Waals surface area contributed by atoms with E-state index in [4.69, 9.17) is 4.74 Å². The summed E-state index contributed by atoms with van der Waals surface area (Å²) in [7, 11) is 0. The first-order chi connectivity index (χ1) is 12.8. The zero-order valence-corrected chi connectivity index (χ0v) is 17.3. The average molecular weight is 383 g/mol. The highest BCUT2D eigenvalue weighted by Gasteiger charge is 2.31. The molecule has 150 valence electrons. The predicted octanol–water partition coefficient (Wildman–Crippen LogP) is 3.94. The first-order valence-corrected chi connectivity index (χ1v) is 12.2. The van der Waals surface area contributed by atoms with Gasteiger partial charge in [0.1, 0.15) is 0 Å². The number of thioether (sulfide) groups is 1. The summed E-state index contributed by atoms with van der Waals surface area (Å²) in [5.41, 5.74) is 0. The number of morpholine rings is 1. The smallest absolute Gasteiger partial charge is 0.223 e. The fourth-order valence-corrected chi connectivity index (χ4v) is 5.74. The van der Waals surface area contributed by atoms with Crippen molar-refractivity contribution in [2.45, 2.75) is 82.7 Å². The lowest BCUT2D eigenvalue weighted by atomic mass is 9.88. The van der Waals surface area contributed by atoms with Crippen molar-refractivity contribution in [3.8, 4) is 0 Å². The Balaban J connectivity index is 1.40. The summed E-state index contributed by atoms with van der Waals surface area (Å²) in [4.78, 5) is 17.9. The van der Waals surface area contributed by atoms with E-state index >= 15 is 0 Å². The van der Waals surface area contributed by atoms with Crippen LogP contribution < -0.4 is 0 Å². The van der Waals surface area contributed by atoms with Gasteiger partial charge in [-0.1, -0.05) is 38.5 Å². The van der Waals surface area contributed by atoms with Gasteiger partial charge in [0.2, 0.25) is 5.91 Å². The molecule has 0 radical (unpaired) electrons. The van der Waals surface area contributed by atoms with E-state index in [2.05, 4.69) is 9.80 Å². The van der Waals surface area contributed by atoms with Gasteiger partial charge in [-0.25, -0.2) is 0 Å². The van der Waals surface area contributed by atoms with E-state index in [1.54, 1.807) is 0 Å². The fourth-order valence-electron chi connectivity index (χ4n) is 4.83. The van der Waals surface area contributed by atoms with Crippen LogP contribution in [0, 0.1) is 0 Å². The molecule has 0 aromatic carbocycles. The number of nitrogens with zero attached hydrogens (tertiary/aromatic N) is 2. The Hall–Kier alpha value is -0.260. The van der Waals surface area contributed by atoms with Gasteiger partial charge in [0.05, 0.1) is 13.2 Å². The minimum Gasteiger partial charge on any atom is -0.379 e. The normalized spacial score (nSPS) is 23.8. The summed E-state index contributed by atoms with van der Waals surface area (Å²) < 4.78 is 5.40. The Morgan fingerprint density at radius 3 is 2.04 bits per heavy atom. The van der Waals surface area contributed by atoms with Crippen LogP contribution in [-0.2, 0) is 9.53 Å². The van der Waals surface area contributed by atoms with Crippen molar-refractivity contribution in [3.63, 3.8) is 0 Å². The molecule has 0 aromatic heterocycles. The second kappa shape index (κ2) is 11.6. The molecule has 5 heteroatoms. The van der Waals surface area contributed by atoms with Gasteiger partial charge in [0.15, 0.2) is 0 Å². The van der Waals surface area contributed by atoms with E-state index in [9.17, 15) is 4.79 Å². The molecule has 3 rings (SSSR count). The van der Waals surface area contributed by atoms with Crippen LogP contribution in [0.15, 0.2) is 0 Å². The number of hydrogen-bond donors (Lipinski definition) is 0. The van der Waals surface area contributed by atoms with Gasteiger partial charge in [-0.15, -0.1) is 0 Å². The molecular weight excluding hydrogens is 344 g/mol. The highest BCUT2D eigenvalue weighted by molar-refractivity contribution is 7.99. The van der Waals surface area contributed by atoms with E-state index in [-0.39, 0.29) is 0 Å². The molecule has 0 bridgehead atoms. The third-order valence-electron chi connectivity index (χ3n) is 6.34. The summed E-state index contributed by atoms with van der Waals surface area (Å²) in [5, 5.41) is 0. The molecule has 2 aliphatic carbocycles. The van der Waals surface area contributed by atoms with Crippen LogP contribution in [0.25, 0.3) is 0 Å². The fraction of sp³-hybridized carbons (Fsp3) is 0.952. The van der Waals surface area contributed by atoms with Crippen LogP contribution >= 0.6 is 11.8 Å². The Bertz CT molecular complexity index is 385. The quantitative estimate of drug-likeness (QED) is 0.595. The molecular formula is C21H38N2O2S. The number of hydrogen-bond acceptors (Lipinski definition) is 4. The molecule has 0 aromatic rings. The molecule has 4 nitrogen and oxygen atoms in total. The molecule has 1 saturated heterocycles. The minimum absolute atomic E-state index is 0.447. The molecule has 0 N–H and O–H groups in total. The molecule has 3 fully saturated rings. The first kappa shape index (κ1) is 20.5. The molecule has 1 amide bonds. The van der Waals surface area contributed by atoms with Crippen molar-refractivity contribution >= 4 is 17.7 Å². The predicted molar refractivity (Wildman–Crippen MR) is 110 cm³/mol. The second-order valence-electron chi connectivity index (χ2n) is 8.20. The maximum Gasteiger partial charge on any atom is 0.223 e. The molecule has 3 aliphatic rings. The van der Waals surface area contributed by atoms with Gasteiger partial charge in [-0.3, -0.25) is 9.69 Å². The van der Waals surface area contributed by atoms with Crippen molar-refractivity contribution in [1.29, 1.82) is 0 Å². The Morgan fingerprint density at radius 2 is 1.46 bits per heavy atom. The van der Waals surface area contributed by atoms with Crippen molar-refractivity contribution < 1.29 is 9.53 Å². The highest BCUT2D eigenvalue weighted by Crippen LogP contribution is 2.31. The van der Waals surface area contributed by atoms with Crippen molar-refractivity contribution in [3.05, 3.63) is 0 Å². The highest BCUT2D eigenvalue weighted by atomic mass is 32.2. The third-order valence-corrected chi connectivity index (χ3v) is 7.30. The maximum absolute atomic E-state index is 13.1. The standard InChI is InChI=1S/C21H38N2O2S/c24-21(11-17-26-18-14-22-12-15-25-16-13-22)23(19-7-3-1-4-8-19)20-9-5-2-6-10-20/h19-20H,1-18H2. The molecule has 0 unspecified atom stereocenters. The Kier molecular flexibility index (Phi) is 9.10. The van der Waals surface area contributed by atoms with E-state index in [1.807, 2.05) is 11.8 Å². The summed E-state index contributed by atoms with van der Waals surface area (Å²) in [6.07, 6.45) is 13.7. The van der Waals surface area contributed by atoms with Crippen molar-refractivity contribution in [2.24, 2.45) is 0 Å². The van der Waals surface area contributed by atoms with Gasteiger partial charge < -0.3 is 9.64 Å². The molecule has 0 spiro atoms. The number of carbonyl (C=O) groups is 1. The molecule has 2 saturated carbocycles. The largest absolute Gasteiger partial charge is 0.379 e. The second-order valence-corrected chi connectivity index (χ2v) is 9.43. The summed E-state index contributed by atoms with van der Waals surface area (Å²) in [6, 6.07) is 1.08. The number of ether oxygens (including phenoxy) is 1. The van der Waals surface area contributed by atoms with E-state index < -0.39 is 0 Å². The van der Waals surface area contributed by atoms with E-state index in [0.717, 1.165) is 50.8 Å². The van der Waals surface area contributed by atoms with Crippen LogP contribution in [0.2, 0.25) is 0 Å². The zero-order valence-electron chi connectivity index (χ0n) is 16.5. The van der Waals surface area contributed by atoms with Crippen molar-refractivity contribution in [2.75, 3.05) is 44.4 Å². The van der Waals surface area contributed by atoms with Crippen LogP contribution in [-0.4, -0.2) is 72.1 Å². The first-order valence-electron chi connectivity index (χ1n) is 11.0. The van der Waals surface area contributed by atoms with Crippen LogP contribution in [0.4, 0.5) is 0 Å². The number of amides is 1. The van der Waals surface area contributed by atoms with Crippen LogP contribution in [0.3, 0.4) is 0 Å². The van der Waals surface area contributed by atoms with Gasteiger partial charge in [-0.05, 0) is 25.7 Å². The van der Waals surface area contributed by atoms with Crippen LogP contribution in [0.1, 0.15) is 70.6 Å². The van der Waals surface area contributed by atoms with E-state index in [0.29, 0.717) is 18.0 Å². The summed E-state index contributed by atoms with van der Waals surface area (Å²) >= 11 is 1.96.